The quantitative estimate of drug-likeness (QED) is 0.705. The molecule has 2 heterocycles. The summed E-state index contributed by atoms with van der Waals surface area (Å²) in [4.78, 5) is 14.8. The predicted molar refractivity (Wildman–Crippen MR) is 57.8 cm³/mol. The van der Waals surface area contributed by atoms with Gasteiger partial charge in [-0.1, -0.05) is 6.08 Å². The average Bonchev–Trinajstić information content (AvgIpc) is 2.25. The number of allylic oxidation sites excluding steroid dienone is 1. The molecule has 82 valence electrons. The second-order valence-corrected chi connectivity index (χ2v) is 3.98. The summed E-state index contributed by atoms with van der Waals surface area (Å²) < 4.78 is 5.64. The Morgan fingerprint density at radius 2 is 2.60 bits per heavy atom. The third kappa shape index (κ3) is 2.45. The fraction of sp³-hybridized carbons (Fsp3) is 0.636. The van der Waals surface area contributed by atoms with Crippen LogP contribution in [0.3, 0.4) is 0 Å². The van der Waals surface area contributed by atoms with E-state index in [1.807, 2.05) is 6.92 Å². The van der Waals surface area contributed by atoms with E-state index >= 15 is 0 Å². The first kappa shape index (κ1) is 10.4. The van der Waals surface area contributed by atoms with Gasteiger partial charge in [0.25, 0.3) is 0 Å². The van der Waals surface area contributed by atoms with Crippen molar-refractivity contribution in [2.24, 2.45) is 4.99 Å². The van der Waals surface area contributed by atoms with Crippen LogP contribution in [0.25, 0.3) is 0 Å². The van der Waals surface area contributed by atoms with Crippen LogP contribution in [0.1, 0.15) is 26.2 Å². The van der Waals surface area contributed by atoms with Crippen molar-refractivity contribution in [2.75, 3.05) is 6.61 Å². The lowest BCUT2D eigenvalue weighted by Crippen LogP contribution is -2.44. The van der Waals surface area contributed by atoms with Crippen molar-refractivity contribution >= 4 is 12.1 Å². The topological polar surface area (TPSA) is 50.7 Å². The molecule has 4 nitrogen and oxygen atoms in total. The number of hydrogen-bond donors (Lipinski definition) is 1. The summed E-state index contributed by atoms with van der Waals surface area (Å²) in [5, 5.41) is 3.25. The van der Waals surface area contributed by atoms with Crippen LogP contribution in [-0.4, -0.2) is 30.9 Å². The van der Waals surface area contributed by atoms with Crippen molar-refractivity contribution in [2.45, 2.75) is 38.3 Å². The van der Waals surface area contributed by atoms with Crippen molar-refractivity contribution in [3.8, 4) is 0 Å². The fourth-order valence-electron chi connectivity index (χ4n) is 1.83. The molecule has 2 atom stereocenters. The Labute approximate surface area is 89.4 Å². The molecule has 0 aromatic heterocycles. The SMILES string of the molecule is CC1COC2CC=C(CCC=O)NC2=N1. The molecule has 0 amide bonds. The lowest BCUT2D eigenvalue weighted by atomic mass is 10.1. The molecule has 0 aromatic carbocycles. The summed E-state index contributed by atoms with van der Waals surface area (Å²) in [6.45, 7) is 2.74. The molecule has 1 N–H and O–H groups in total. The van der Waals surface area contributed by atoms with Gasteiger partial charge < -0.3 is 14.8 Å². The molecule has 0 saturated heterocycles. The van der Waals surface area contributed by atoms with Gasteiger partial charge in [-0.3, -0.25) is 4.99 Å². The Morgan fingerprint density at radius 3 is 3.40 bits per heavy atom. The zero-order valence-electron chi connectivity index (χ0n) is 8.90. The van der Waals surface area contributed by atoms with Crippen LogP contribution >= 0.6 is 0 Å². The van der Waals surface area contributed by atoms with Gasteiger partial charge in [0.2, 0.25) is 0 Å². The van der Waals surface area contributed by atoms with E-state index in [1.54, 1.807) is 0 Å². The smallest absolute Gasteiger partial charge is 0.131 e. The second-order valence-electron chi connectivity index (χ2n) is 3.98. The van der Waals surface area contributed by atoms with Gasteiger partial charge in [0, 0.05) is 18.5 Å². The number of nitrogens with zero attached hydrogens (tertiary/aromatic N) is 1. The molecule has 0 saturated carbocycles. The van der Waals surface area contributed by atoms with E-state index in [9.17, 15) is 4.79 Å². The van der Waals surface area contributed by atoms with Crippen LogP contribution in [0.4, 0.5) is 0 Å². The van der Waals surface area contributed by atoms with E-state index < -0.39 is 0 Å². The maximum atomic E-state index is 10.3. The zero-order valence-corrected chi connectivity index (χ0v) is 8.90. The number of hydrogen-bond acceptors (Lipinski definition) is 4. The molecule has 4 heteroatoms. The van der Waals surface area contributed by atoms with Gasteiger partial charge in [0.05, 0.1) is 12.6 Å². The molecule has 0 spiro atoms. The van der Waals surface area contributed by atoms with Gasteiger partial charge >= 0.3 is 0 Å². The summed E-state index contributed by atoms with van der Waals surface area (Å²) >= 11 is 0. The van der Waals surface area contributed by atoms with Crippen LogP contribution < -0.4 is 5.32 Å². The maximum Gasteiger partial charge on any atom is 0.131 e. The molecule has 15 heavy (non-hydrogen) atoms. The number of fused-ring (bicyclic) bond motifs is 1. The van der Waals surface area contributed by atoms with Crippen LogP contribution in [0.2, 0.25) is 0 Å². The number of aliphatic imine (C=N–C) groups is 1. The van der Waals surface area contributed by atoms with E-state index in [1.165, 1.54) is 0 Å². The Hall–Kier alpha value is -1.16. The van der Waals surface area contributed by atoms with Gasteiger partial charge in [-0.25, -0.2) is 0 Å². The van der Waals surface area contributed by atoms with Gasteiger partial charge in [-0.05, 0) is 13.3 Å². The molecule has 0 radical (unpaired) electrons. The third-order valence-corrected chi connectivity index (χ3v) is 2.60. The predicted octanol–water partition coefficient (Wildman–Crippen LogP) is 1.03. The minimum absolute atomic E-state index is 0.0983. The molecule has 0 bridgehead atoms. The Bertz CT molecular complexity index is 310. The van der Waals surface area contributed by atoms with Crippen LogP contribution in [0, 0.1) is 0 Å². The van der Waals surface area contributed by atoms with Gasteiger partial charge in [0.15, 0.2) is 0 Å². The maximum absolute atomic E-state index is 10.3. The number of ether oxygens (including phenoxy) is 1. The minimum Gasteiger partial charge on any atom is -0.368 e. The Balaban J connectivity index is 2.01. The van der Waals surface area contributed by atoms with Crippen LogP contribution in [-0.2, 0) is 9.53 Å². The molecular weight excluding hydrogens is 192 g/mol. The molecule has 2 aliphatic rings. The summed E-state index contributed by atoms with van der Waals surface area (Å²) in [5.74, 6) is 0.928. The Morgan fingerprint density at radius 1 is 1.73 bits per heavy atom. The zero-order chi connectivity index (χ0) is 10.7. The van der Waals surface area contributed by atoms with Crippen molar-refractivity contribution in [1.29, 1.82) is 0 Å². The highest BCUT2D eigenvalue weighted by Crippen LogP contribution is 2.17. The first-order valence-electron chi connectivity index (χ1n) is 5.38. The first-order valence-corrected chi connectivity index (χ1v) is 5.38. The molecule has 0 aromatic rings. The summed E-state index contributed by atoms with van der Waals surface area (Å²) in [7, 11) is 0. The second kappa shape index (κ2) is 4.57. The molecule has 0 fully saturated rings. The van der Waals surface area contributed by atoms with Gasteiger partial charge in [-0.15, -0.1) is 0 Å². The standard InChI is InChI=1S/C11H16N2O2/c1-8-7-15-10-5-4-9(3-2-6-14)13-11(10)12-8/h4,6,8,10H,2-3,5,7H2,1H3,(H,12,13). The highest BCUT2D eigenvalue weighted by molar-refractivity contribution is 5.89. The highest BCUT2D eigenvalue weighted by Gasteiger charge is 2.25. The summed E-state index contributed by atoms with van der Waals surface area (Å²) in [6.07, 6.45) is 5.34. The largest absolute Gasteiger partial charge is 0.368 e. The molecule has 2 rings (SSSR count). The summed E-state index contributed by atoms with van der Waals surface area (Å²) in [6, 6.07) is 0.231. The number of amidine groups is 1. The number of rotatable bonds is 3. The number of carbonyl (C=O) groups is 1. The third-order valence-electron chi connectivity index (χ3n) is 2.60. The lowest BCUT2D eigenvalue weighted by Gasteiger charge is -2.31. The molecular formula is C11H16N2O2. The normalized spacial score (nSPS) is 29.7. The first-order chi connectivity index (χ1) is 7.29. The number of nitrogens with one attached hydrogen (secondary N) is 1. The van der Waals surface area contributed by atoms with E-state index in [0.29, 0.717) is 13.0 Å². The van der Waals surface area contributed by atoms with E-state index in [-0.39, 0.29) is 12.1 Å². The number of carbonyl (C=O) groups excluding carboxylic acids is 1. The molecule has 0 aliphatic carbocycles. The van der Waals surface area contributed by atoms with Crippen LogP contribution in [0.15, 0.2) is 16.8 Å². The molecule has 2 aliphatic heterocycles. The fourth-order valence-corrected chi connectivity index (χ4v) is 1.83. The van der Waals surface area contributed by atoms with Gasteiger partial charge in [-0.2, -0.15) is 0 Å². The van der Waals surface area contributed by atoms with Crippen LogP contribution in [0.5, 0.6) is 0 Å². The summed E-state index contributed by atoms with van der Waals surface area (Å²) in [5.41, 5.74) is 1.09. The van der Waals surface area contributed by atoms with Crippen molar-refractivity contribution < 1.29 is 9.53 Å². The minimum atomic E-state index is 0.0983. The monoisotopic (exact) mass is 208 g/mol. The van der Waals surface area contributed by atoms with Gasteiger partial charge in [0.1, 0.15) is 18.2 Å². The Kier molecular flexibility index (Phi) is 3.16. The average molecular weight is 208 g/mol. The van der Waals surface area contributed by atoms with Crippen molar-refractivity contribution in [3.63, 3.8) is 0 Å². The van der Waals surface area contributed by atoms with Crippen molar-refractivity contribution in [1.82, 2.24) is 5.32 Å². The van der Waals surface area contributed by atoms with E-state index in [2.05, 4.69) is 16.4 Å². The highest BCUT2D eigenvalue weighted by atomic mass is 16.5. The lowest BCUT2D eigenvalue weighted by molar-refractivity contribution is -0.107. The molecule has 2 unspecified atom stereocenters. The number of aldehydes is 1. The van der Waals surface area contributed by atoms with Crippen molar-refractivity contribution in [3.05, 3.63) is 11.8 Å². The van der Waals surface area contributed by atoms with E-state index in [0.717, 1.165) is 30.7 Å². The van der Waals surface area contributed by atoms with E-state index in [4.69, 9.17) is 4.74 Å².